The second kappa shape index (κ2) is 7.96. The van der Waals surface area contributed by atoms with Gasteiger partial charge in [0.2, 0.25) is 15.9 Å². The predicted molar refractivity (Wildman–Crippen MR) is 103 cm³/mol. The van der Waals surface area contributed by atoms with Crippen molar-refractivity contribution in [2.24, 2.45) is 5.92 Å². The zero-order valence-corrected chi connectivity index (χ0v) is 16.2. The van der Waals surface area contributed by atoms with Crippen LogP contribution in [0.5, 0.6) is 0 Å². The molecule has 1 amide bonds. The van der Waals surface area contributed by atoms with E-state index in [0.29, 0.717) is 41.7 Å². The van der Waals surface area contributed by atoms with Crippen LogP contribution in [0, 0.1) is 5.92 Å². The highest BCUT2D eigenvalue weighted by molar-refractivity contribution is 7.89. The summed E-state index contributed by atoms with van der Waals surface area (Å²) in [6, 6.07) is 13.2. The fourth-order valence-corrected chi connectivity index (χ4v) is 4.99. The zero-order valence-electron chi connectivity index (χ0n) is 13.9. The Morgan fingerprint density at radius 1 is 1.00 bits per heavy atom. The Kier molecular flexibility index (Phi) is 5.87. The predicted octanol–water partition coefficient (Wildman–Crippen LogP) is 4.03. The minimum atomic E-state index is -3.51. The van der Waals surface area contributed by atoms with Crippen LogP contribution in [-0.2, 0) is 14.8 Å². The van der Waals surface area contributed by atoms with Gasteiger partial charge in [-0.05, 0) is 43.2 Å². The number of amides is 1. The first kappa shape index (κ1) is 19.2. The highest BCUT2D eigenvalue weighted by Crippen LogP contribution is 2.26. The summed E-state index contributed by atoms with van der Waals surface area (Å²) in [5.74, 6) is -0.407. The van der Waals surface area contributed by atoms with Gasteiger partial charge in [-0.1, -0.05) is 41.4 Å². The molecule has 0 bridgehead atoms. The SMILES string of the molecule is O=C(Nc1cc(Cl)cc(Cl)c1)C1CCN(S(=O)(=O)c2ccccc2)CC1. The summed E-state index contributed by atoms with van der Waals surface area (Å²) < 4.78 is 26.7. The smallest absolute Gasteiger partial charge is 0.243 e. The first-order valence-electron chi connectivity index (χ1n) is 8.18. The molecule has 3 rings (SSSR count). The second-order valence-corrected chi connectivity index (χ2v) is 8.95. The van der Waals surface area contributed by atoms with Crippen molar-refractivity contribution in [3.05, 3.63) is 58.6 Å². The van der Waals surface area contributed by atoms with E-state index in [0.717, 1.165) is 0 Å². The largest absolute Gasteiger partial charge is 0.326 e. The molecule has 0 aromatic heterocycles. The number of anilines is 1. The molecule has 138 valence electrons. The Bertz CT molecular complexity index is 876. The van der Waals surface area contributed by atoms with Crippen LogP contribution in [0.1, 0.15) is 12.8 Å². The lowest BCUT2D eigenvalue weighted by Gasteiger charge is -2.30. The number of nitrogens with zero attached hydrogens (tertiary/aromatic N) is 1. The molecule has 1 aliphatic heterocycles. The number of carbonyl (C=O) groups is 1. The molecule has 0 atom stereocenters. The topological polar surface area (TPSA) is 66.5 Å². The molecule has 0 spiro atoms. The molecule has 0 saturated carbocycles. The lowest BCUT2D eigenvalue weighted by atomic mass is 9.97. The van der Waals surface area contributed by atoms with Gasteiger partial charge in [-0.15, -0.1) is 0 Å². The molecule has 0 aliphatic carbocycles. The fraction of sp³-hybridized carbons (Fsp3) is 0.278. The van der Waals surface area contributed by atoms with Crippen LogP contribution in [-0.4, -0.2) is 31.7 Å². The van der Waals surface area contributed by atoms with Crippen molar-refractivity contribution in [1.82, 2.24) is 4.31 Å². The van der Waals surface area contributed by atoms with E-state index in [2.05, 4.69) is 5.32 Å². The van der Waals surface area contributed by atoms with Gasteiger partial charge in [0, 0.05) is 34.7 Å². The number of halogens is 2. The third-order valence-electron chi connectivity index (χ3n) is 4.34. The highest BCUT2D eigenvalue weighted by atomic mass is 35.5. The van der Waals surface area contributed by atoms with Gasteiger partial charge >= 0.3 is 0 Å². The Hall–Kier alpha value is -1.60. The second-order valence-electron chi connectivity index (χ2n) is 6.14. The van der Waals surface area contributed by atoms with E-state index < -0.39 is 10.0 Å². The summed E-state index contributed by atoms with van der Waals surface area (Å²) in [7, 11) is -3.51. The van der Waals surface area contributed by atoms with Crippen molar-refractivity contribution in [3.8, 4) is 0 Å². The monoisotopic (exact) mass is 412 g/mol. The summed E-state index contributed by atoms with van der Waals surface area (Å²) in [5.41, 5.74) is 0.534. The number of piperidine rings is 1. The van der Waals surface area contributed by atoms with Crippen LogP contribution in [0.4, 0.5) is 5.69 Å². The Balaban J connectivity index is 1.62. The quantitative estimate of drug-likeness (QED) is 0.823. The van der Waals surface area contributed by atoms with E-state index in [1.54, 1.807) is 48.5 Å². The van der Waals surface area contributed by atoms with Gasteiger partial charge in [-0.25, -0.2) is 8.42 Å². The van der Waals surface area contributed by atoms with Crippen LogP contribution in [0.25, 0.3) is 0 Å². The average molecular weight is 413 g/mol. The van der Waals surface area contributed by atoms with Crippen LogP contribution in [0.2, 0.25) is 10.0 Å². The maximum Gasteiger partial charge on any atom is 0.243 e. The van der Waals surface area contributed by atoms with Crippen molar-refractivity contribution < 1.29 is 13.2 Å². The van der Waals surface area contributed by atoms with Crippen LogP contribution < -0.4 is 5.32 Å². The van der Waals surface area contributed by atoms with Crippen molar-refractivity contribution >= 4 is 44.8 Å². The van der Waals surface area contributed by atoms with E-state index in [1.807, 2.05) is 0 Å². The van der Waals surface area contributed by atoms with Crippen molar-refractivity contribution in [2.45, 2.75) is 17.7 Å². The zero-order chi connectivity index (χ0) is 18.7. The summed E-state index contributed by atoms with van der Waals surface area (Å²) in [6.45, 7) is 0.622. The fourth-order valence-electron chi connectivity index (χ4n) is 2.97. The number of carbonyl (C=O) groups excluding carboxylic acids is 1. The first-order chi connectivity index (χ1) is 12.4. The number of hydrogen-bond donors (Lipinski definition) is 1. The average Bonchev–Trinajstić information content (AvgIpc) is 2.61. The van der Waals surface area contributed by atoms with Gasteiger partial charge in [0.15, 0.2) is 0 Å². The number of rotatable bonds is 4. The minimum Gasteiger partial charge on any atom is -0.326 e. The molecule has 2 aromatic carbocycles. The normalized spacial score (nSPS) is 16.4. The Morgan fingerprint density at radius 2 is 1.58 bits per heavy atom. The van der Waals surface area contributed by atoms with Crippen LogP contribution in [0.3, 0.4) is 0 Å². The standard InChI is InChI=1S/C18H18Cl2N2O3S/c19-14-10-15(20)12-16(11-14)21-18(23)13-6-8-22(9-7-13)26(24,25)17-4-2-1-3-5-17/h1-5,10-13H,6-9H2,(H,21,23). The van der Waals surface area contributed by atoms with E-state index in [-0.39, 0.29) is 16.7 Å². The maximum atomic E-state index is 12.6. The Morgan fingerprint density at radius 3 is 2.15 bits per heavy atom. The van der Waals surface area contributed by atoms with E-state index in [9.17, 15) is 13.2 Å². The van der Waals surface area contributed by atoms with Gasteiger partial charge in [0.1, 0.15) is 0 Å². The van der Waals surface area contributed by atoms with Gasteiger partial charge in [0.25, 0.3) is 0 Å². The van der Waals surface area contributed by atoms with Crippen LogP contribution >= 0.6 is 23.2 Å². The van der Waals surface area contributed by atoms with Crippen molar-refractivity contribution in [1.29, 1.82) is 0 Å². The van der Waals surface area contributed by atoms with Gasteiger partial charge in [-0.3, -0.25) is 4.79 Å². The molecular weight excluding hydrogens is 395 g/mol. The lowest BCUT2D eigenvalue weighted by Crippen LogP contribution is -2.41. The lowest BCUT2D eigenvalue weighted by molar-refractivity contribution is -0.120. The molecule has 0 unspecified atom stereocenters. The van der Waals surface area contributed by atoms with Crippen LogP contribution in [0.15, 0.2) is 53.4 Å². The molecular formula is C18H18Cl2N2O3S. The molecule has 1 saturated heterocycles. The summed E-state index contributed by atoms with van der Waals surface area (Å²) >= 11 is 11.9. The highest BCUT2D eigenvalue weighted by Gasteiger charge is 2.32. The molecule has 1 N–H and O–H groups in total. The first-order valence-corrected chi connectivity index (χ1v) is 10.4. The molecule has 5 nitrogen and oxygen atoms in total. The molecule has 0 radical (unpaired) electrons. The minimum absolute atomic E-state index is 0.153. The number of sulfonamides is 1. The molecule has 1 fully saturated rings. The molecule has 26 heavy (non-hydrogen) atoms. The third kappa shape index (κ3) is 4.38. The third-order valence-corrected chi connectivity index (χ3v) is 6.69. The number of benzene rings is 2. The van der Waals surface area contributed by atoms with E-state index >= 15 is 0 Å². The van der Waals surface area contributed by atoms with Gasteiger partial charge < -0.3 is 5.32 Å². The molecule has 8 heteroatoms. The Labute approximate surface area is 163 Å². The van der Waals surface area contributed by atoms with E-state index in [1.165, 1.54) is 4.31 Å². The molecule has 1 aliphatic rings. The summed E-state index contributed by atoms with van der Waals surface area (Å²) in [5, 5.41) is 3.69. The molecule has 2 aromatic rings. The van der Waals surface area contributed by atoms with Crippen molar-refractivity contribution in [2.75, 3.05) is 18.4 Å². The summed E-state index contributed by atoms with van der Waals surface area (Å²) in [4.78, 5) is 12.7. The summed E-state index contributed by atoms with van der Waals surface area (Å²) in [6.07, 6.45) is 0.929. The maximum absolute atomic E-state index is 12.6. The van der Waals surface area contributed by atoms with Gasteiger partial charge in [-0.2, -0.15) is 4.31 Å². The number of hydrogen-bond acceptors (Lipinski definition) is 3. The van der Waals surface area contributed by atoms with E-state index in [4.69, 9.17) is 23.2 Å². The number of nitrogens with one attached hydrogen (secondary N) is 1. The van der Waals surface area contributed by atoms with Gasteiger partial charge in [0.05, 0.1) is 4.90 Å². The van der Waals surface area contributed by atoms with Crippen molar-refractivity contribution in [3.63, 3.8) is 0 Å². The molecule has 1 heterocycles.